The van der Waals surface area contributed by atoms with E-state index in [4.69, 9.17) is 4.74 Å². The van der Waals surface area contributed by atoms with Gasteiger partial charge in [0.25, 0.3) is 0 Å². The number of Topliss-reactive ketones (excluding diaryl/α,β-unsaturated/α-hetero) is 2. The SMILES string of the molecule is COC(=O)C(=O)CC(=O)c1ccc(OCC(C)C)s1. The molecule has 0 saturated carbocycles. The Labute approximate surface area is 115 Å². The van der Waals surface area contributed by atoms with Crippen molar-refractivity contribution in [2.45, 2.75) is 20.3 Å². The molecule has 0 fully saturated rings. The smallest absolute Gasteiger partial charge is 0.374 e. The normalized spacial score (nSPS) is 10.3. The Balaban J connectivity index is 2.58. The first kappa shape index (κ1) is 15.4. The number of carbonyl (C=O) groups is 3. The number of hydrogen-bond donors (Lipinski definition) is 0. The summed E-state index contributed by atoms with van der Waals surface area (Å²) in [7, 11) is 1.10. The molecule has 0 amide bonds. The Morgan fingerprint density at radius 3 is 2.53 bits per heavy atom. The minimum absolute atomic E-state index is 0.391. The van der Waals surface area contributed by atoms with Gasteiger partial charge in [0.1, 0.15) is 0 Å². The molecule has 0 N–H and O–H groups in total. The van der Waals surface area contributed by atoms with Crippen molar-refractivity contribution in [3.63, 3.8) is 0 Å². The Bertz CT molecular complexity index is 475. The molecule has 1 aromatic heterocycles. The molecule has 1 rings (SSSR count). The summed E-state index contributed by atoms with van der Waals surface area (Å²) in [4.78, 5) is 34.3. The number of ether oxygens (including phenoxy) is 2. The van der Waals surface area contributed by atoms with Gasteiger partial charge in [-0.25, -0.2) is 4.79 Å². The predicted octanol–water partition coefficient (Wildman–Crippen LogP) is 2.10. The van der Waals surface area contributed by atoms with E-state index >= 15 is 0 Å². The van der Waals surface area contributed by atoms with E-state index in [1.165, 1.54) is 11.3 Å². The van der Waals surface area contributed by atoms with E-state index in [9.17, 15) is 14.4 Å². The number of thiophene rings is 1. The van der Waals surface area contributed by atoms with Gasteiger partial charge in [0.2, 0.25) is 5.78 Å². The molecule has 0 saturated heterocycles. The van der Waals surface area contributed by atoms with E-state index in [0.717, 1.165) is 7.11 Å². The average Bonchev–Trinajstić information content (AvgIpc) is 2.84. The first-order valence-electron chi connectivity index (χ1n) is 5.81. The van der Waals surface area contributed by atoms with Gasteiger partial charge in [0.05, 0.1) is 25.0 Å². The molecular formula is C13H16O5S. The summed E-state index contributed by atoms with van der Waals surface area (Å²) in [6.07, 6.45) is -0.475. The zero-order chi connectivity index (χ0) is 14.4. The zero-order valence-electron chi connectivity index (χ0n) is 11.1. The van der Waals surface area contributed by atoms with Gasteiger partial charge < -0.3 is 9.47 Å². The van der Waals surface area contributed by atoms with Crippen LogP contribution in [0.4, 0.5) is 0 Å². The summed E-state index contributed by atoms with van der Waals surface area (Å²) in [6, 6.07) is 3.27. The van der Waals surface area contributed by atoms with E-state index in [-0.39, 0.29) is 0 Å². The molecule has 0 unspecified atom stereocenters. The van der Waals surface area contributed by atoms with Gasteiger partial charge in [0, 0.05) is 0 Å². The summed E-state index contributed by atoms with van der Waals surface area (Å²) >= 11 is 1.17. The molecular weight excluding hydrogens is 268 g/mol. The monoisotopic (exact) mass is 284 g/mol. The lowest BCUT2D eigenvalue weighted by atomic mass is 10.2. The number of esters is 1. The highest BCUT2D eigenvalue weighted by Crippen LogP contribution is 2.26. The zero-order valence-corrected chi connectivity index (χ0v) is 11.9. The van der Waals surface area contributed by atoms with Crippen molar-refractivity contribution in [3.8, 4) is 5.06 Å². The van der Waals surface area contributed by atoms with Gasteiger partial charge >= 0.3 is 5.97 Å². The Morgan fingerprint density at radius 2 is 1.95 bits per heavy atom. The van der Waals surface area contributed by atoms with Gasteiger partial charge in [0.15, 0.2) is 10.8 Å². The molecule has 0 radical (unpaired) electrons. The predicted molar refractivity (Wildman–Crippen MR) is 70.6 cm³/mol. The average molecular weight is 284 g/mol. The minimum Gasteiger partial charge on any atom is -0.484 e. The van der Waals surface area contributed by atoms with Crippen LogP contribution in [0.3, 0.4) is 0 Å². The molecule has 0 atom stereocenters. The van der Waals surface area contributed by atoms with Crippen LogP contribution in [-0.2, 0) is 14.3 Å². The highest BCUT2D eigenvalue weighted by molar-refractivity contribution is 7.15. The summed E-state index contributed by atoms with van der Waals surface area (Å²) in [6.45, 7) is 4.61. The van der Waals surface area contributed by atoms with Crippen LogP contribution in [0.15, 0.2) is 12.1 Å². The Morgan fingerprint density at radius 1 is 1.26 bits per heavy atom. The van der Waals surface area contributed by atoms with Gasteiger partial charge in [-0.2, -0.15) is 0 Å². The molecule has 6 heteroatoms. The number of methoxy groups -OCH3 is 1. The van der Waals surface area contributed by atoms with Gasteiger partial charge in [-0.05, 0) is 18.1 Å². The third-order valence-electron chi connectivity index (χ3n) is 2.15. The fraction of sp³-hybridized carbons (Fsp3) is 0.462. The van der Waals surface area contributed by atoms with Crippen LogP contribution in [0.1, 0.15) is 29.9 Å². The number of ketones is 2. The van der Waals surface area contributed by atoms with Crippen LogP contribution in [0.25, 0.3) is 0 Å². The highest BCUT2D eigenvalue weighted by atomic mass is 32.1. The lowest BCUT2D eigenvalue weighted by Crippen LogP contribution is -2.18. The largest absolute Gasteiger partial charge is 0.484 e. The topological polar surface area (TPSA) is 69.7 Å². The molecule has 19 heavy (non-hydrogen) atoms. The maximum atomic E-state index is 11.8. The molecule has 0 bridgehead atoms. The molecule has 0 aromatic carbocycles. The lowest BCUT2D eigenvalue weighted by molar-refractivity contribution is -0.151. The lowest BCUT2D eigenvalue weighted by Gasteiger charge is -2.04. The summed E-state index contributed by atoms with van der Waals surface area (Å²) in [5.41, 5.74) is 0. The summed E-state index contributed by atoms with van der Waals surface area (Å²) in [5, 5.41) is 0.627. The summed E-state index contributed by atoms with van der Waals surface area (Å²) < 4.78 is 9.72. The standard InChI is InChI=1S/C13H16O5S/c1-8(2)7-18-12-5-4-11(19-12)9(14)6-10(15)13(16)17-3/h4-5,8H,6-7H2,1-3H3. The van der Waals surface area contributed by atoms with Crippen LogP contribution in [0.5, 0.6) is 5.06 Å². The van der Waals surface area contributed by atoms with Crippen molar-refractivity contribution in [2.24, 2.45) is 5.92 Å². The maximum absolute atomic E-state index is 11.8. The quantitative estimate of drug-likeness (QED) is 0.332. The third kappa shape index (κ3) is 4.82. The molecule has 0 spiro atoms. The maximum Gasteiger partial charge on any atom is 0.374 e. The second-order valence-corrected chi connectivity index (χ2v) is 5.38. The van der Waals surface area contributed by atoms with Crippen molar-refractivity contribution >= 4 is 28.9 Å². The van der Waals surface area contributed by atoms with Crippen LogP contribution >= 0.6 is 11.3 Å². The van der Waals surface area contributed by atoms with Gasteiger partial charge in [-0.1, -0.05) is 25.2 Å². The van der Waals surface area contributed by atoms with Gasteiger partial charge in [-0.3, -0.25) is 9.59 Å². The van der Waals surface area contributed by atoms with E-state index in [1.807, 2.05) is 13.8 Å². The first-order chi connectivity index (χ1) is 8.93. The Hall–Kier alpha value is -1.69. The Kier molecular flexibility index (Phi) is 5.69. The second kappa shape index (κ2) is 7.04. The molecule has 5 nitrogen and oxygen atoms in total. The van der Waals surface area contributed by atoms with Crippen LogP contribution in [-0.4, -0.2) is 31.3 Å². The van der Waals surface area contributed by atoms with Crippen LogP contribution in [0, 0.1) is 5.92 Å². The van der Waals surface area contributed by atoms with E-state index in [2.05, 4.69) is 4.74 Å². The molecule has 1 aromatic rings. The van der Waals surface area contributed by atoms with Gasteiger partial charge in [-0.15, -0.1) is 0 Å². The number of carbonyl (C=O) groups excluding carboxylic acids is 3. The van der Waals surface area contributed by atoms with E-state index in [0.29, 0.717) is 22.5 Å². The fourth-order valence-electron chi connectivity index (χ4n) is 1.22. The fourth-order valence-corrected chi connectivity index (χ4v) is 2.02. The summed E-state index contributed by atoms with van der Waals surface area (Å²) in [5.74, 6) is -1.85. The second-order valence-electron chi connectivity index (χ2n) is 4.34. The molecule has 104 valence electrons. The van der Waals surface area contributed by atoms with Crippen LogP contribution in [0.2, 0.25) is 0 Å². The van der Waals surface area contributed by atoms with Crippen molar-refractivity contribution in [1.82, 2.24) is 0 Å². The molecule has 1 heterocycles. The minimum atomic E-state index is -0.999. The molecule has 0 aliphatic rings. The third-order valence-corrected chi connectivity index (χ3v) is 3.19. The van der Waals surface area contributed by atoms with Crippen molar-refractivity contribution < 1.29 is 23.9 Å². The highest BCUT2D eigenvalue weighted by Gasteiger charge is 2.20. The number of rotatable bonds is 7. The van der Waals surface area contributed by atoms with Crippen molar-refractivity contribution in [2.75, 3.05) is 13.7 Å². The molecule has 0 aliphatic heterocycles. The van der Waals surface area contributed by atoms with Crippen molar-refractivity contribution in [3.05, 3.63) is 17.0 Å². The van der Waals surface area contributed by atoms with E-state index < -0.39 is 24.0 Å². The van der Waals surface area contributed by atoms with Crippen LogP contribution < -0.4 is 4.74 Å². The van der Waals surface area contributed by atoms with Crippen molar-refractivity contribution in [1.29, 1.82) is 0 Å². The van der Waals surface area contributed by atoms with E-state index in [1.54, 1.807) is 12.1 Å². The number of hydrogen-bond acceptors (Lipinski definition) is 6. The first-order valence-corrected chi connectivity index (χ1v) is 6.62. The molecule has 0 aliphatic carbocycles.